The summed E-state index contributed by atoms with van der Waals surface area (Å²) in [6.07, 6.45) is 6.02. The van der Waals surface area contributed by atoms with Crippen LogP contribution in [0.1, 0.15) is 70.2 Å². The van der Waals surface area contributed by atoms with E-state index in [0.29, 0.717) is 17.6 Å². The highest BCUT2D eigenvalue weighted by molar-refractivity contribution is 5.05. The number of nitrogens with zero attached hydrogens (tertiary/aromatic N) is 2. The van der Waals surface area contributed by atoms with Gasteiger partial charge in [-0.25, -0.2) is 0 Å². The van der Waals surface area contributed by atoms with E-state index in [2.05, 4.69) is 24.0 Å². The molecule has 0 aliphatic heterocycles. The van der Waals surface area contributed by atoms with Gasteiger partial charge in [0.2, 0.25) is 11.7 Å². The van der Waals surface area contributed by atoms with Crippen molar-refractivity contribution >= 4 is 0 Å². The van der Waals surface area contributed by atoms with Crippen LogP contribution in [0.15, 0.2) is 4.52 Å². The zero-order valence-corrected chi connectivity index (χ0v) is 12.2. The lowest BCUT2D eigenvalue weighted by Gasteiger charge is -2.33. The van der Waals surface area contributed by atoms with Crippen molar-refractivity contribution in [3.8, 4) is 0 Å². The Kier molecular flexibility index (Phi) is 4.58. The first-order valence-corrected chi connectivity index (χ1v) is 7.25. The minimum atomic E-state index is -0.451. The lowest BCUT2D eigenvalue weighted by Crippen LogP contribution is -2.41. The van der Waals surface area contributed by atoms with Gasteiger partial charge in [0.1, 0.15) is 6.10 Å². The average molecular weight is 267 g/mol. The van der Waals surface area contributed by atoms with Crippen molar-refractivity contribution in [2.24, 2.45) is 11.7 Å². The molecule has 19 heavy (non-hydrogen) atoms. The van der Waals surface area contributed by atoms with Gasteiger partial charge in [-0.3, -0.25) is 0 Å². The summed E-state index contributed by atoms with van der Waals surface area (Å²) in [6, 6.07) is 0. The van der Waals surface area contributed by atoms with Crippen LogP contribution in [-0.4, -0.2) is 17.3 Å². The third-order valence-electron chi connectivity index (χ3n) is 4.02. The second-order valence-corrected chi connectivity index (χ2v) is 5.83. The highest BCUT2D eigenvalue weighted by Crippen LogP contribution is 2.37. The Bertz CT molecular complexity index is 407. The number of ether oxygens (including phenoxy) is 1. The zero-order chi connectivity index (χ0) is 13.9. The Hall–Kier alpha value is -0.940. The molecule has 3 atom stereocenters. The van der Waals surface area contributed by atoms with Crippen molar-refractivity contribution in [2.45, 2.75) is 64.0 Å². The van der Waals surface area contributed by atoms with E-state index in [1.165, 1.54) is 6.42 Å². The van der Waals surface area contributed by atoms with Crippen LogP contribution in [0.25, 0.3) is 0 Å². The number of hydrogen-bond donors (Lipinski definition) is 1. The number of methoxy groups -OCH3 is 1. The monoisotopic (exact) mass is 267 g/mol. The van der Waals surface area contributed by atoms with Crippen LogP contribution in [0.3, 0.4) is 0 Å². The molecule has 0 spiro atoms. The molecule has 1 aromatic rings. The average Bonchev–Trinajstić information content (AvgIpc) is 2.86. The zero-order valence-electron chi connectivity index (χ0n) is 12.2. The lowest BCUT2D eigenvalue weighted by molar-refractivity contribution is 0.0854. The van der Waals surface area contributed by atoms with Gasteiger partial charge in [0.15, 0.2) is 0 Å². The lowest BCUT2D eigenvalue weighted by atomic mass is 9.77. The van der Waals surface area contributed by atoms with Gasteiger partial charge in [0.25, 0.3) is 0 Å². The molecule has 1 saturated carbocycles. The van der Waals surface area contributed by atoms with Crippen LogP contribution in [0.5, 0.6) is 0 Å². The Labute approximate surface area is 114 Å². The summed E-state index contributed by atoms with van der Waals surface area (Å²) in [6.45, 7) is 4.34. The molecule has 0 saturated heterocycles. The molecule has 0 bridgehead atoms. The first-order valence-electron chi connectivity index (χ1n) is 7.25. The van der Waals surface area contributed by atoms with Gasteiger partial charge >= 0.3 is 0 Å². The summed E-state index contributed by atoms with van der Waals surface area (Å²) in [5.41, 5.74) is 6.01. The van der Waals surface area contributed by atoms with Crippen LogP contribution in [0.2, 0.25) is 0 Å². The highest BCUT2D eigenvalue weighted by atomic mass is 16.5. The van der Waals surface area contributed by atoms with Crippen LogP contribution >= 0.6 is 0 Å². The molecule has 0 amide bonds. The van der Waals surface area contributed by atoms with Gasteiger partial charge in [0, 0.05) is 7.11 Å². The number of nitrogens with two attached hydrogens (primary N) is 1. The summed E-state index contributed by atoms with van der Waals surface area (Å²) in [7, 11) is 1.68. The largest absolute Gasteiger partial charge is 0.373 e. The molecule has 1 aliphatic rings. The van der Waals surface area contributed by atoms with Gasteiger partial charge in [-0.05, 0) is 25.2 Å². The fourth-order valence-electron chi connectivity index (χ4n) is 2.97. The second-order valence-electron chi connectivity index (χ2n) is 5.83. The smallest absolute Gasteiger partial charge is 0.246 e. The molecule has 5 heteroatoms. The summed E-state index contributed by atoms with van der Waals surface area (Å²) in [5, 5.41) is 4.06. The third-order valence-corrected chi connectivity index (χ3v) is 4.02. The molecular weight excluding hydrogens is 242 g/mol. The molecule has 108 valence electrons. The van der Waals surface area contributed by atoms with E-state index in [9.17, 15) is 0 Å². The molecular formula is C14H25N3O2. The Morgan fingerprint density at radius 2 is 2.37 bits per heavy atom. The van der Waals surface area contributed by atoms with Crippen LogP contribution in [0.4, 0.5) is 0 Å². The van der Waals surface area contributed by atoms with Crippen LogP contribution in [-0.2, 0) is 10.3 Å². The Morgan fingerprint density at radius 3 is 3.00 bits per heavy atom. The fourth-order valence-corrected chi connectivity index (χ4v) is 2.97. The van der Waals surface area contributed by atoms with Crippen LogP contribution in [0, 0.1) is 5.92 Å². The van der Waals surface area contributed by atoms with Gasteiger partial charge in [-0.1, -0.05) is 38.3 Å². The molecule has 3 unspecified atom stereocenters. The second kappa shape index (κ2) is 6.01. The van der Waals surface area contributed by atoms with Crippen molar-refractivity contribution < 1.29 is 9.26 Å². The molecule has 1 fully saturated rings. The van der Waals surface area contributed by atoms with E-state index < -0.39 is 5.54 Å². The number of rotatable bonds is 5. The molecule has 2 rings (SSSR count). The van der Waals surface area contributed by atoms with Gasteiger partial charge in [0.05, 0.1) is 5.54 Å². The quantitative estimate of drug-likeness (QED) is 0.887. The van der Waals surface area contributed by atoms with Crippen molar-refractivity contribution in [1.29, 1.82) is 0 Å². The van der Waals surface area contributed by atoms with Gasteiger partial charge in [-0.15, -0.1) is 0 Å². The maximum absolute atomic E-state index is 6.46. The van der Waals surface area contributed by atoms with E-state index in [1.54, 1.807) is 7.11 Å². The number of hydrogen-bond acceptors (Lipinski definition) is 5. The Morgan fingerprint density at radius 1 is 1.58 bits per heavy atom. The molecule has 5 nitrogen and oxygen atoms in total. The summed E-state index contributed by atoms with van der Waals surface area (Å²) >= 11 is 0. The van der Waals surface area contributed by atoms with Gasteiger partial charge < -0.3 is 15.0 Å². The molecule has 0 radical (unpaired) electrons. The van der Waals surface area contributed by atoms with Crippen molar-refractivity contribution in [3.63, 3.8) is 0 Å². The molecule has 2 N–H and O–H groups in total. The first-order chi connectivity index (χ1) is 9.09. The standard InChI is InChI=1S/C14H25N3O2/c1-4-6-11(18-3)12-16-13(19-17-12)14(15)8-5-7-10(2)9-14/h10-11H,4-9,15H2,1-3H3. The Balaban J connectivity index is 2.15. The van der Waals surface area contributed by atoms with E-state index in [0.717, 1.165) is 32.1 Å². The molecule has 0 aromatic carbocycles. The van der Waals surface area contributed by atoms with Crippen molar-refractivity contribution in [3.05, 3.63) is 11.7 Å². The van der Waals surface area contributed by atoms with E-state index in [1.807, 2.05) is 0 Å². The van der Waals surface area contributed by atoms with E-state index in [4.69, 9.17) is 15.0 Å². The van der Waals surface area contributed by atoms with Crippen molar-refractivity contribution in [1.82, 2.24) is 10.1 Å². The highest BCUT2D eigenvalue weighted by Gasteiger charge is 2.38. The maximum atomic E-state index is 6.46. The fraction of sp³-hybridized carbons (Fsp3) is 0.857. The third kappa shape index (κ3) is 3.15. The normalized spacial score (nSPS) is 29.4. The topological polar surface area (TPSA) is 74.2 Å². The summed E-state index contributed by atoms with van der Waals surface area (Å²) in [4.78, 5) is 4.50. The number of aromatic nitrogens is 2. The predicted octanol–water partition coefficient (Wildman–Crippen LogP) is 2.92. The molecule has 1 aliphatic carbocycles. The minimum Gasteiger partial charge on any atom is -0.373 e. The minimum absolute atomic E-state index is 0.0906. The van der Waals surface area contributed by atoms with E-state index in [-0.39, 0.29) is 6.10 Å². The maximum Gasteiger partial charge on any atom is 0.246 e. The molecule has 1 heterocycles. The molecule has 1 aromatic heterocycles. The van der Waals surface area contributed by atoms with Crippen molar-refractivity contribution in [2.75, 3.05) is 7.11 Å². The SMILES string of the molecule is CCCC(OC)c1noc(C2(N)CCCC(C)C2)n1. The van der Waals surface area contributed by atoms with Crippen LogP contribution < -0.4 is 5.73 Å². The summed E-state index contributed by atoms with van der Waals surface area (Å²) in [5.74, 6) is 1.82. The summed E-state index contributed by atoms with van der Waals surface area (Å²) < 4.78 is 10.8. The first kappa shape index (κ1) is 14.5. The van der Waals surface area contributed by atoms with Gasteiger partial charge in [-0.2, -0.15) is 4.98 Å². The predicted molar refractivity (Wildman–Crippen MR) is 72.5 cm³/mol. The van der Waals surface area contributed by atoms with E-state index >= 15 is 0 Å².